The van der Waals surface area contributed by atoms with Gasteiger partial charge in [-0.05, 0) is 0 Å². The minimum Gasteiger partial charge on any atom is -0.481 e. The van der Waals surface area contributed by atoms with E-state index in [0.29, 0.717) is 0 Å². The van der Waals surface area contributed by atoms with E-state index in [4.69, 9.17) is 20.4 Å². The summed E-state index contributed by atoms with van der Waals surface area (Å²) >= 11 is 0. The smallest absolute Gasteiger partial charge is 0.300 e. The molecular formula is C2H6O4. The quantitative estimate of drug-likeness (QED) is 0.294. The Bertz CT molecular complexity index is 28.5. The third kappa shape index (κ3) is 52.0. The lowest BCUT2D eigenvalue weighted by Gasteiger charge is -1.59. The zero-order valence-electron chi connectivity index (χ0n) is 3.25. The molecule has 0 atom stereocenters. The maximum absolute atomic E-state index is 9.00. The number of carbonyl (C=O) groups is 1. The van der Waals surface area contributed by atoms with Crippen molar-refractivity contribution in [1.82, 2.24) is 0 Å². The molecule has 0 spiro atoms. The van der Waals surface area contributed by atoms with Crippen LogP contribution in [0.5, 0.6) is 0 Å². The van der Waals surface area contributed by atoms with E-state index in [1.165, 1.54) is 0 Å². The molecule has 0 saturated carbocycles. The first-order chi connectivity index (χ1) is 2.73. The first-order valence-electron chi connectivity index (χ1n) is 1.13. The van der Waals surface area contributed by atoms with Crippen LogP contribution in [-0.2, 0) is 4.79 Å². The van der Waals surface area contributed by atoms with E-state index in [9.17, 15) is 0 Å². The summed E-state index contributed by atoms with van der Waals surface area (Å²) < 4.78 is 0. The van der Waals surface area contributed by atoms with Crippen LogP contribution in [0.3, 0.4) is 0 Å². The van der Waals surface area contributed by atoms with Gasteiger partial charge in [0.2, 0.25) is 0 Å². The van der Waals surface area contributed by atoms with Gasteiger partial charge in [0, 0.05) is 6.92 Å². The van der Waals surface area contributed by atoms with E-state index in [1.807, 2.05) is 0 Å². The zero-order chi connectivity index (χ0) is 5.58. The number of hydrogen-bond acceptors (Lipinski definition) is 3. The Morgan fingerprint density at radius 1 is 1.50 bits per heavy atom. The molecule has 0 amide bonds. The highest BCUT2D eigenvalue weighted by molar-refractivity contribution is 5.62. The van der Waals surface area contributed by atoms with Gasteiger partial charge in [-0.3, -0.25) is 15.3 Å². The average Bonchev–Trinajstić information content (AvgIpc) is 1.41. The first kappa shape index (κ1) is 9.04. The van der Waals surface area contributed by atoms with Crippen molar-refractivity contribution < 1.29 is 20.4 Å². The molecular weight excluding hydrogens is 88.0 g/mol. The van der Waals surface area contributed by atoms with Crippen LogP contribution in [0.1, 0.15) is 6.92 Å². The molecule has 0 radical (unpaired) electrons. The molecule has 0 saturated heterocycles. The predicted octanol–water partition coefficient (Wildman–Crippen LogP) is 0.108. The van der Waals surface area contributed by atoms with Gasteiger partial charge in [0.05, 0.1) is 0 Å². The van der Waals surface area contributed by atoms with Crippen molar-refractivity contribution in [2.24, 2.45) is 0 Å². The van der Waals surface area contributed by atoms with Crippen LogP contribution in [0.2, 0.25) is 0 Å². The molecule has 0 aliphatic rings. The van der Waals surface area contributed by atoms with Gasteiger partial charge in [-0.15, -0.1) is 0 Å². The van der Waals surface area contributed by atoms with Crippen molar-refractivity contribution >= 4 is 5.97 Å². The Morgan fingerprint density at radius 3 is 1.50 bits per heavy atom. The summed E-state index contributed by atoms with van der Waals surface area (Å²) in [6.07, 6.45) is 0. The highest BCUT2D eigenvalue weighted by Crippen LogP contribution is 1.42. The van der Waals surface area contributed by atoms with E-state index in [0.717, 1.165) is 6.92 Å². The molecule has 4 heteroatoms. The minimum absolute atomic E-state index is 0.833. The van der Waals surface area contributed by atoms with E-state index >= 15 is 0 Å². The molecule has 0 aromatic rings. The van der Waals surface area contributed by atoms with Crippen LogP contribution in [0.25, 0.3) is 0 Å². The first-order valence-corrected chi connectivity index (χ1v) is 1.13. The largest absolute Gasteiger partial charge is 0.481 e. The normalized spacial score (nSPS) is 5.17. The number of hydrogen-bond donors (Lipinski definition) is 3. The van der Waals surface area contributed by atoms with Crippen molar-refractivity contribution in [2.45, 2.75) is 6.92 Å². The lowest BCUT2D eigenvalue weighted by Crippen LogP contribution is -1.78. The lowest BCUT2D eigenvalue weighted by molar-refractivity contribution is -0.176. The van der Waals surface area contributed by atoms with Gasteiger partial charge in [0.15, 0.2) is 0 Å². The molecule has 0 unspecified atom stereocenters. The van der Waals surface area contributed by atoms with Crippen LogP contribution in [0, 0.1) is 0 Å². The molecule has 4 nitrogen and oxygen atoms in total. The maximum atomic E-state index is 9.00. The number of carboxylic acids is 1. The van der Waals surface area contributed by atoms with Crippen molar-refractivity contribution in [2.75, 3.05) is 0 Å². The Labute approximate surface area is 34.6 Å². The van der Waals surface area contributed by atoms with Crippen LogP contribution in [-0.4, -0.2) is 21.6 Å². The number of rotatable bonds is 0. The van der Waals surface area contributed by atoms with Gasteiger partial charge in [-0.1, -0.05) is 0 Å². The van der Waals surface area contributed by atoms with E-state index in [-0.39, 0.29) is 0 Å². The van der Waals surface area contributed by atoms with Gasteiger partial charge < -0.3 is 5.11 Å². The molecule has 0 aromatic heterocycles. The fourth-order valence-electron chi connectivity index (χ4n) is 0. The van der Waals surface area contributed by atoms with Crippen molar-refractivity contribution in [3.05, 3.63) is 0 Å². The van der Waals surface area contributed by atoms with Gasteiger partial charge in [-0.25, -0.2) is 0 Å². The molecule has 0 rings (SSSR count). The van der Waals surface area contributed by atoms with Crippen LogP contribution in [0.15, 0.2) is 0 Å². The number of aliphatic carboxylic acids is 1. The summed E-state index contributed by atoms with van der Waals surface area (Å²) in [7, 11) is 0. The van der Waals surface area contributed by atoms with Gasteiger partial charge in [0.1, 0.15) is 0 Å². The van der Waals surface area contributed by atoms with Crippen molar-refractivity contribution in [1.29, 1.82) is 0 Å². The standard InChI is InChI=1S/C2H4O2.H2O2/c1-2(3)4;1-2/h1H3,(H,3,4);1-2H. The molecule has 0 fully saturated rings. The molecule has 0 aliphatic heterocycles. The van der Waals surface area contributed by atoms with Crippen LogP contribution >= 0.6 is 0 Å². The molecule has 0 aromatic carbocycles. The highest BCUT2D eigenvalue weighted by atomic mass is 17.0. The van der Waals surface area contributed by atoms with Crippen LogP contribution in [0.4, 0.5) is 0 Å². The number of carboxylic acid groups (broad SMARTS) is 1. The summed E-state index contributed by atoms with van der Waals surface area (Å²) in [5.41, 5.74) is 0. The highest BCUT2D eigenvalue weighted by Gasteiger charge is 1.65. The van der Waals surface area contributed by atoms with E-state index in [1.54, 1.807) is 0 Å². The molecule has 0 aliphatic carbocycles. The third-order valence-electron chi connectivity index (χ3n) is 0. The predicted molar refractivity (Wildman–Crippen MR) is 18.6 cm³/mol. The Balaban J connectivity index is 0. The summed E-state index contributed by atoms with van der Waals surface area (Å²) in [6, 6.07) is 0. The third-order valence-corrected chi connectivity index (χ3v) is 0. The summed E-state index contributed by atoms with van der Waals surface area (Å²) in [5.74, 6) is -0.833. The zero-order valence-corrected chi connectivity index (χ0v) is 3.25. The van der Waals surface area contributed by atoms with Gasteiger partial charge in [0.25, 0.3) is 5.97 Å². The lowest BCUT2D eigenvalue weighted by atomic mass is 10.9. The molecule has 0 bridgehead atoms. The minimum atomic E-state index is -0.833. The SMILES string of the molecule is CC(=O)O.OO. The molecule has 3 N–H and O–H groups in total. The van der Waals surface area contributed by atoms with Crippen molar-refractivity contribution in [3.8, 4) is 0 Å². The van der Waals surface area contributed by atoms with Gasteiger partial charge in [-0.2, -0.15) is 0 Å². The van der Waals surface area contributed by atoms with E-state index < -0.39 is 5.97 Å². The van der Waals surface area contributed by atoms with E-state index in [2.05, 4.69) is 0 Å². The second-order valence-corrected chi connectivity index (χ2v) is 0.519. The summed E-state index contributed by atoms with van der Waals surface area (Å²) in [6.45, 7) is 1.08. The Kier molecular flexibility index (Phi) is 13.3. The Hall–Kier alpha value is -0.610. The molecule has 38 valence electrons. The topological polar surface area (TPSA) is 77.8 Å². The summed E-state index contributed by atoms with van der Waals surface area (Å²) in [4.78, 5) is 9.00. The second kappa shape index (κ2) is 8.83. The molecule has 6 heavy (non-hydrogen) atoms. The maximum Gasteiger partial charge on any atom is 0.300 e. The fourth-order valence-corrected chi connectivity index (χ4v) is 0. The average molecular weight is 94.1 g/mol. The fraction of sp³-hybridized carbons (Fsp3) is 0.500. The summed E-state index contributed by atoms with van der Waals surface area (Å²) in [5, 5.41) is 19.4. The van der Waals surface area contributed by atoms with Crippen LogP contribution < -0.4 is 0 Å². The monoisotopic (exact) mass is 94.0 g/mol. The van der Waals surface area contributed by atoms with Crippen molar-refractivity contribution in [3.63, 3.8) is 0 Å². The Morgan fingerprint density at radius 2 is 1.50 bits per heavy atom. The van der Waals surface area contributed by atoms with Gasteiger partial charge >= 0.3 is 0 Å². The second-order valence-electron chi connectivity index (χ2n) is 0.519. The molecule has 0 heterocycles.